The molecule has 4 aromatic rings. The number of hydrogen-bond acceptors (Lipinski definition) is 6. The standard InChI is InChI=1S/C26H21NO4S/c1-2-30-23(26(28)29)14-17-11-12-22-18(13-17)15-19(31-22)16-27-20-7-3-5-9-24(20)32-25-10-6-4-8-21(25)27/h3-15H,2,16H2,1H3,(H,28,29)/p-1/b23-14-. The molecule has 1 aliphatic rings. The fraction of sp³-hybridized carbons (Fsp3) is 0.115. The van der Waals surface area contributed by atoms with Crippen molar-refractivity contribution < 1.29 is 19.1 Å². The van der Waals surface area contributed by atoms with E-state index in [0.29, 0.717) is 12.1 Å². The lowest BCUT2D eigenvalue weighted by Gasteiger charge is -2.32. The van der Waals surface area contributed by atoms with Crippen LogP contribution in [0.2, 0.25) is 0 Å². The molecule has 5 rings (SSSR count). The molecule has 160 valence electrons. The van der Waals surface area contributed by atoms with Gasteiger partial charge in [0.05, 0.1) is 24.5 Å². The predicted octanol–water partition coefficient (Wildman–Crippen LogP) is 5.36. The summed E-state index contributed by atoms with van der Waals surface area (Å²) in [6.45, 7) is 2.57. The van der Waals surface area contributed by atoms with Gasteiger partial charge in [0.25, 0.3) is 0 Å². The summed E-state index contributed by atoms with van der Waals surface area (Å²) in [5.41, 5.74) is 3.75. The molecule has 1 aliphatic heterocycles. The van der Waals surface area contributed by atoms with Gasteiger partial charge in [-0.05, 0) is 61.0 Å². The number of fused-ring (bicyclic) bond motifs is 3. The zero-order valence-electron chi connectivity index (χ0n) is 17.4. The minimum atomic E-state index is -1.33. The lowest BCUT2D eigenvalue weighted by Crippen LogP contribution is -2.25. The highest BCUT2D eigenvalue weighted by atomic mass is 32.2. The van der Waals surface area contributed by atoms with Gasteiger partial charge < -0.3 is 24.0 Å². The van der Waals surface area contributed by atoms with E-state index in [1.54, 1.807) is 24.8 Å². The van der Waals surface area contributed by atoms with E-state index in [9.17, 15) is 9.90 Å². The summed E-state index contributed by atoms with van der Waals surface area (Å²) in [5.74, 6) is -0.697. The Morgan fingerprint density at radius 1 is 1.03 bits per heavy atom. The van der Waals surface area contributed by atoms with Gasteiger partial charge in [-0.2, -0.15) is 0 Å². The Bertz CT molecular complexity index is 1300. The lowest BCUT2D eigenvalue weighted by atomic mass is 10.1. The van der Waals surface area contributed by atoms with Crippen molar-refractivity contribution in [3.05, 3.63) is 89.9 Å². The van der Waals surface area contributed by atoms with Crippen LogP contribution < -0.4 is 10.0 Å². The fourth-order valence-electron chi connectivity index (χ4n) is 3.86. The largest absolute Gasteiger partial charge is 0.542 e. The number of carbonyl (C=O) groups is 1. The molecule has 5 nitrogen and oxygen atoms in total. The number of benzene rings is 3. The van der Waals surface area contributed by atoms with E-state index in [1.807, 2.05) is 30.3 Å². The maximum atomic E-state index is 11.3. The van der Waals surface area contributed by atoms with Crippen LogP contribution in [0.25, 0.3) is 17.0 Å². The molecular weight excluding hydrogens is 422 g/mol. The van der Waals surface area contributed by atoms with Crippen molar-refractivity contribution in [3.63, 3.8) is 0 Å². The van der Waals surface area contributed by atoms with E-state index in [0.717, 1.165) is 28.1 Å². The van der Waals surface area contributed by atoms with E-state index in [2.05, 4.69) is 41.3 Å². The monoisotopic (exact) mass is 442 g/mol. The molecule has 0 bridgehead atoms. The van der Waals surface area contributed by atoms with Crippen molar-refractivity contribution in [2.24, 2.45) is 0 Å². The van der Waals surface area contributed by atoms with Crippen LogP contribution in [-0.4, -0.2) is 12.6 Å². The van der Waals surface area contributed by atoms with Crippen molar-refractivity contribution in [3.8, 4) is 0 Å². The molecule has 2 heterocycles. The van der Waals surface area contributed by atoms with Crippen molar-refractivity contribution in [2.75, 3.05) is 11.5 Å². The summed E-state index contributed by atoms with van der Waals surface area (Å²) < 4.78 is 11.3. The van der Waals surface area contributed by atoms with Crippen LogP contribution in [0, 0.1) is 0 Å². The number of carbonyl (C=O) groups excluding carboxylic acids is 1. The number of aliphatic carboxylic acids is 1. The van der Waals surface area contributed by atoms with Gasteiger partial charge in [-0.3, -0.25) is 0 Å². The molecule has 0 saturated heterocycles. The second-order valence-electron chi connectivity index (χ2n) is 7.36. The zero-order chi connectivity index (χ0) is 22.1. The van der Waals surface area contributed by atoms with Crippen LogP contribution >= 0.6 is 11.8 Å². The summed E-state index contributed by atoms with van der Waals surface area (Å²) in [6, 6.07) is 24.2. The normalized spacial score (nSPS) is 13.0. The predicted molar refractivity (Wildman–Crippen MR) is 124 cm³/mol. The SMILES string of the molecule is CCO/C(=C\c1ccc2oc(CN3c4ccccc4Sc4ccccc43)cc2c1)C(=O)[O-]. The number of nitrogens with zero attached hydrogens (tertiary/aromatic N) is 1. The van der Waals surface area contributed by atoms with E-state index in [-0.39, 0.29) is 12.4 Å². The highest BCUT2D eigenvalue weighted by Gasteiger charge is 2.24. The molecule has 0 unspecified atom stereocenters. The Morgan fingerprint density at radius 2 is 1.72 bits per heavy atom. The Kier molecular flexibility index (Phi) is 5.37. The van der Waals surface area contributed by atoms with Crippen molar-refractivity contribution in [2.45, 2.75) is 23.3 Å². The van der Waals surface area contributed by atoms with Gasteiger partial charge in [0.15, 0.2) is 0 Å². The molecule has 0 N–H and O–H groups in total. The first kappa shape index (κ1) is 20.3. The van der Waals surface area contributed by atoms with Crippen LogP contribution in [0.3, 0.4) is 0 Å². The Labute approximate surface area is 189 Å². The fourth-order valence-corrected chi connectivity index (χ4v) is 4.95. The molecular formula is C26H20NO4S-. The van der Waals surface area contributed by atoms with Gasteiger partial charge in [-0.1, -0.05) is 42.1 Å². The number of anilines is 2. The minimum absolute atomic E-state index is 0.186. The smallest absolute Gasteiger partial charge is 0.142 e. The molecule has 0 spiro atoms. The Morgan fingerprint density at radius 3 is 2.38 bits per heavy atom. The second kappa shape index (κ2) is 8.48. The van der Waals surface area contributed by atoms with Crippen molar-refractivity contribution in [1.29, 1.82) is 0 Å². The molecule has 6 heteroatoms. The van der Waals surface area contributed by atoms with Crippen LogP contribution in [0.15, 0.2) is 92.8 Å². The van der Waals surface area contributed by atoms with E-state index < -0.39 is 5.97 Å². The maximum absolute atomic E-state index is 11.3. The number of carboxylic acid groups (broad SMARTS) is 1. The van der Waals surface area contributed by atoms with Crippen molar-refractivity contribution in [1.82, 2.24) is 0 Å². The summed E-state index contributed by atoms with van der Waals surface area (Å²) in [5, 5.41) is 12.2. The number of ether oxygens (including phenoxy) is 1. The maximum Gasteiger partial charge on any atom is 0.142 e. The molecule has 0 radical (unpaired) electrons. The highest BCUT2D eigenvalue weighted by Crippen LogP contribution is 2.48. The number of carboxylic acids is 1. The van der Waals surface area contributed by atoms with Crippen LogP contribution in [0.5, 0.6) is 0 Å². The molecule has 3 aromatic carbocycles. The summed E-state index contributed by atoms with van der Waals surface area (Å²) in [7, 11) is 0. The van der Waals surface area contributed by atoms with Gasteiger partial charge in [-0.15, -0.1) is 0 Å². The molecule has 0 atom stereocenters. The third-order valence-electron chi connectivity index (χ3n) is 5.24. The average Bonchev–Trinajstić information content (AvgIpc) is 3.20. The highest BCUT2D eigenvalue weighted by molar-refractivity contribution is 7.99. The topological polar surface area (TPSA) is 65.7 Å². The lowest BCUT2D eigenvalue weighted by molar-refractivity contribution is -0.303. The van der Waals surface area contributed by atoms with Gasteiger partial charge in [0, 0.05) is 15.2 Å². The van der Waals surface area contributed by atoms with E-state index in [1.165, 1.54) is 15.9 Å². The second-order valence-corrected chi connectivity index (χ2v) is 8.45. The van der Waals surface area contributed by atoms with Crippen molar-refractivity contribution >= 4 is 46.2 Å². The van der Waals surface area contributed by atoms with Gasteiger partial charge in [0.1, 0.15) is 23.1 Å². The quantitative estimate of drug-likeness (QED) is 0.296. The third-order valence-corrected chi connectivity index (χ3v) is 6.37. The van der Waals surface area contributed by atoms with E-state index in [4.69, 9.17) is 9.15 Å². The summed E-state index contributed by atoms with van der Waals surface area (Å²) in [6.07, 6.45) is 1.47. The van der Waals surface area contributed by atoms with Gasteiger partial charge in [-0.25, -0.2) is 0 Å². The van der Waals surface area contributed by atoms with E-state index >= 15 is 0 Å². The third kappa shape index (κ3) is 3.85. The summed E-state index contributed by atoms with van der Waals surface area (Å²) >= 11 is 1.77. The zero-order valence-corrected chi connectivity index (χ0v) is 18.2. The Hall–Kier alpha value is -3.64. The molecule has 0 saturated carbocycles. The molecule has 0 aliphatic carbocycles. The van der Waals surface area contributed by atoms with Crippen LogP contribution in [-0.2, 0) is 16.1 Å². The first-order chi connectivity index (χ1) is 15.6. The number of furan rings is 1. The Balaban J connectivity index is 1.49. The van der Waals surface area contributed by atoms with Crippen LogP contribution in [0.4, 0.5) is 11.4 Å². The summed E-state index contributed by atoms with van der Waals surface area (Å²) in [4.78, 5) is 15.9. The molecule has 0 amide bonds. The molecule has 0 fully saturated rings. The average molecular weight is 443 g/mol. The number of para-hydroxylation sites is 2. The van der Waals surface area contributed by atoms with Crippen LogP contribution in [0.1, 0.15) is 18.2 Å². The molecule has 1 aromatic heterocycles. The first-order valence-corrected chi connectivity index (χ1v) is 11.2. The first-order valence-electron chi connectivity index (χ1n) is 10.3. The number of hydrogen-bond donors (Lipinski definition) is 0. The molecule has 32 heavy (non-hydrogen) atoms. The van der Waals surface area contributed by atoms with Gasteiger partial charge >= 0.3 is 0 Å². The van der Waals surface area contributed by atoms with Gasteiger partial charge in [0.2, 0.25) is 0 Å². The minimum Gasteiger partial charge on any atom is -0.542 e. The number of rotatable bonds is 6.